The molecule has 0 unspecified atom stereocenters. The summed E-state index contributed by atoms with van der Waals surface area (Å²) in [7, 11) is 1.89. The lowest BCUT2D eigenvalue weighted by molar-refractivity contribution is 0.0941. The molecule has 0 aromatic carbocycles. The Morgan fingerprint density at radius 2 is 2.15 bits per heavy atom. The number of rotatable bonds is 4. The van der Waals surface area contributed by atoms with Crippen molar-refractivity contribution in [2.45, 2.75) is 33.9 Å². The van der Waals surface area contributed by atoms with Gasteiger partial charge < -0.3 is 11.1 Å². The van der Waals surface area contributed by atoms with Crippen molar-refractivity contribution in [1.29, 1.82) is 0 Å². The van der Waals surface area contributed by atoms with Gasteiger partial charge in [-0.15, -0.1) is 0 Å². The zero-order valence-corrected chi connectivity index (χ0v) is 12.3. The fourth-order valence-electron chi connectivity index (χ4n) is 2.21. The number of hydrogen-bond donors (Lipinski definition) is 2. The van der Waals surface area contributed by atoms with Gasteiger partial charge in [0.25, 0.3) is 5.91 Å². The Hall–Kier alpha value is -2.31. The molecule has 0 radical (unpaired) electrons. The minimum atomic E-state index is -0.218. The molecule has 2 rings (SSSR count). The molecule has 0 aliphatic rings. The number of nitrogens with two attached hydrogens (primary N) is 1. The van der Waals surface area contributed by atoms with Gasteiger partial charge in [0.2, 0.25) is 0 Å². The molecule has 3 N–H and O–H groups in total. The second-order valence-corrected chi connectivity index (χ2v) is 4.72. The fourth-order valence-corrected chi connectivity index (χ4v) is 2.21. The third-order valence-electron chi connectivity index (χ3n) is 3.47. The van der Waals surface area contributed by atoms with E-state index in [1.807, 2.05) is 32.5 Å². The molecule has 108 valence electrons. The molecule has 0 spiro atoms. The van der Waals surface area contributed by atoms with E-state index < -0.39 is 0 Å². The maximum atomic E-state index is 12.2. The number of aromatic nitrogens is 4. The molecule has 1 amide bonds. The minimum Gasteiger partial charge on any atom is -0.396 e. The standard InChI is InChI=1S/C13H20N6O/c1-5-19-12(11(14)7-16-19)13(20)15-6-10-8(2)17-18(4)9(10)3/h7H,5-6,14H2,1-4H3,(H,15,20). The van der Waals surface area contributed by atoms with Crippen LogP contribution < -0.4 is 11.1 Å². The van der Waals surface area contributed by atoms with Gasteiger partial charge >= 0.3 is 0 Å². The number of carbonyl (C=O) groups excluding carboxylic acids is 1. The number of nitrogens with one attached hydrogen (secondary N) is 1. The van der Waals surface area contributed by atoms with Crippen LogP contribution in [0, 0.1) is 13.8 Å². The van der Waals surface area contributed by atoms with Gasteiger partial charge in [0.05, 0.1) is 17.6 Å². The number of carbonyl (C=O) groups is 1. The van der Waals surface area contributed by atoms with Crippen LogP contribution in [-0.2, 0) is 20.1 Å². The summed E-state index contributed by atoms with van der Waals surface area (Å²) in [6.45, 7) is 6.85. The first-order valence-electron chi connectivity index (χ1n) is 6.54. The Balaban J connectivity index is 2.15. The number of hydrogen-bond acceptors (Lipinski definition) is 4. The summed E-state index contributed by atoms with van der Waals surface area (Å²) in [5.74, 6) is -0.218. The summed E-state index contributed by atoms with van der Waals surface area (Å²) < 4.78 is 3.40. The molecule has 0 aliphatic carbocycles. The van der Waals surface area contributed by atoms with Crippen LogP contribution >= 0.6 is 0 Å². The molecule has 0 saturated carbocycles. The zero-order valence-electron chi connectivity index (χ0n) is 12.3. The van der Waals surface area contributed by atoms with Crippen molar-refractivity contribution in [2.24, 2.45) is 7.05 Å². The van der Waals surface area contributed by atoms with Crippen molar-refractivity contribution in [2.75, 3.05) is 5.73 Å². The van der Waals surface area contributed by atoms with Gasteiger partial charge in [0.15, 0.2) is 0 Å². The van der Waals surface area contributed by atoms with E-state index in [1.54, 1.807) is 4.68 Å². The molecule has 2 aromatic heterocycles. The monoisotopic (exact) mass is 276 g/mol. The van der Waals surface area contributed by atoms with Crippen molar-refractivity contribution in [3.05, 3.63) is 28.8 Å². The van der Waals surface area contributed by atoms with Crippen molar-refractivity contribution in [1.82, 2.24) is 24.9 Å². The highest BCUT2D eigenvalue weighted by molar-refractivity contribution is 5.97. The number of aryl methyl sites for hydroxylation is 3. The van der Waals surface area contributed by atoms with Crippen LogP contribution in [0.2, 0.25) is 0 Å². The Kier molecular flexibility index (Phi) is 3.78. The molecule has 0 saturated heterocycles. The molecule has 7 nitrogen and oxygen atoms in total. The normalized spacial score (nSPS) is 10.8. The van der Waals surface area contributed by atoms with E-state index in [1.165, 1.54) is 6.20 Å². The van der Waals surface area contributed by atoms with Crippen LogP contribution in [0.25, 0.3) is 0 Å². The lowest BCUT2D eigenvalue weighted by atomic mass is 10.2. The van der Waals surface area contributed by atoms with E-state index in [0.29, 0.717) is 24.5 Å². The zero-order chi connectivity index (χ0) is 14.9. The van der Waals surface area contributed by atoms with Crippen molar-refractivity contribution in [3.8, 4) is 0 Å². The molecule has 0 fully saturated rings. The van der Waals surface area contributed by atoms with E-state index in [-0.39, 0.29) is 5.91 Å². The number of nitrogen functional groups attached to an aromatic ring is 1. The summed E-state index contributed by atoms with van der Waals surface area (Å²) >= 11 is 0. The third-order valence-corrected chi connectivity index (χ3v) is 3.47. The summed E-state index contributed by atoms with van der Waals surface area (Å²) in [6.07, 6.45) is 1.50. The first kappa shape index (κ1) is 14.1. The smallest absolute Gasteiger partial charge is 0.271 e. The van der Waals surface area contributed by atoms with Gasteiger partial charge in [-0.05, 0) is 20.8 Å². The number of anilines is 1. The van der Waals surface area contributed by atoms with Crippen LogP contribution in [0.1, 0.15) is 34.4 Å². The van der Waals surface area contributed by atoms with Crippen molar-refractivity contribution in [3.63, 3.8) is 0 Å². The van der Waals surface area contributed by atoms with Crippen LogP contribution in [0.4, 0.5) is 5.69 Å². The Morgan fingerprint density at radius 1 is 1.45 bits per heavy atom. The first-order valence-corrected chi connectivity index (χ1v) is 6.54. The Morgan fingerprint density at radius 3 is 2.70 bits per heavy atom. The Labute approximate surface area is 117 Å². The van der Waals surface area contributed by atoms with Crippen LogP contribution in [-0.4, -0.2) is 25.5 Å². The van der Waals surface area contributed by atoms with E-state index in [2.05, 4.69) is 15.5 Å². The van der Waals surface area contributed by atoms with Crippen molar-refractivity contribution >= 4 is 11.6 Å². The SMILES string of the molecule is CCn1ncc(N)c1C(=O)NCc1c(C)nn(C)c1C. The molecule has 7 heteroatoms. The topological polar surface area (TPSA) is 90.8 Å². The highest BCUT2D eigenvalue weighted by Gasteiger charge is 2.17. The van der Waals surface area contributed by atoms with E-state index in [9.17, 15) is 4.79 Å². The second-order valence-electron chi connectivity index (χ2n) is 4.72. The number of nitrogens with zero attached hydrogens (tertiary/aromatic N) is 4. The van der Waals surface area contributed by atoms with E-state index in [0.717, 1.165) is 17.0 Å². The molecular weight excluding hydrogens is 256 g/mol. The van der Waals surface area contributed by atoms with Gasteiger partial charge in [0, 0.05) is 31.4 Å². The third kappa shape index (κ3) is 2.38. The highest BCUT2D eigenvalue weighted by atomic mass is 16.2. The molecule has 20 heavy (non-hydrogen) atoms. The first-order chi connectivity index (χ1) is 9.45. The second kappa shape index (κ2) is 5.36. The quantitative estimate of drug-likeness (QED) is 0.862. The van der Waals surface area contributed by atoms with Crippen LogP contribution in [0.15, 0.2) is 6.20 Å². The molecule has 2 heterocycles. The van der Waals surface area contributed by atoms with E-state index >= 15 is 0 Å². The lowest BCUT2D eigenvalue weighted by Crippen LogP contribution is -2.27. The average molecular weight is 276 g/mol. The molecule has 2 aromatic rings. The van der Waals surface area contributed by atoms with Crippen LogP contribution in [0.5, 0.6) is 0 Å². The van der Waals surface area contributed by atoms with Crippen molar-refractivity contribution < 1.29 is 4.79 Å². The predicted molar refractivity (Wildman–Crippen MR) is 76.2 cm³/mol. The Bertz CT molecular complexity index is 640. The van der Waals surface area contributed by atoms with Gasteiger partial charge in [0.1, 0.15) is 5.69 Å². The highest BCUT2D eigenvalue weighted by Crippen LogP contribution is 2.13. The van der Waals surface area contributed by atoms with Gasteiger partial charge in [-0.3, -0.25) is 14.2 Å². The lowest BCUT2D eigenvalue weighted by Gasteiger charge is -2.08. The van der Waals surface area contributed by atoms with Gasteiger partial charge in [-0.2, -0.15) is 10.2 Å². The molecule has 0 aliphatic heterocycles. The fraction of sp³-hybridized carbons (Fsp3) is 0.462. The molecule has 0 bridgehead atoms. The summed E-state index contributed by atoms with van der Waals surface area (Å²) in [5.41, 5.74) is 9.58. The molecule has 0 atom stereocenters. The maximum Gasteiger partial charge on any atom is 0.271 e. The minimum absolute atomic E-state index is 0.218. The van der Waals surface area contributed by atoms with Gasteiger partial charge in [-0.25, -0.2) is 0 Å². The average Bonchev–Trinajstić information content (AvgIpc) is 2.89. The van der Waals surface area contributed by atoms with E-state index in [4.69, 9.17) is 5.73 Å². The summed E-state index contributed by atoms with van der Waals surface area (Å²) in [5, 5.41) is 11.3. The summed E-state index contributed by atoms with van der Waals surface area (Å²) in [6, 6.07) is 0. The maximum absolute atomic E-state index is 12.2. The van der Waals surface area contributed by atoms with Gasteiger partial charge in [-0.1, -0.05) is 0 Å². The van der Waals surface area contributed by atoms with Crippen LogP contribution in [0.3, 0.4) is 0 Å². The largest absolute Gasteiger partial charge is 0.396 e. The number of amides is 1. The summed E-state index contributed by atoms with van der Waals surface area (Å²) in [4.78, 5) is 12.2. The molecular formula is C13H20N6O. The predicted octanol–water partition coefficient (Wildman–Crippen LogP) is 0.766.